The first-order chi connectivity index (χ1) is 49.6. The summed E-state index contributed by atoms with van der Waals surface area (Å²) in [7, 11) is -9.92. The molecule has 0 fully saturated rings. The van der Waals surface area contributed by atoms with Gasteiger partial charge in [-0.2, -0.15) is 0 Å². The average molecular weight is 1490 g/mol. The third-order valence-corrected chi connectivity index (χ3v) is 21.8. The van der Waals surface area contributed by atoms with Crippen LogP contribution in [0.3, 0.4) is 0 Å². The molecular weight excluding hydrogens is 1330 g/mol. The Labute approximate surface area is 626 Å². The summed E-state index contributed by atoms with van der Waals surface area (Å²) in [6, 6.07) is 0. The maximum atomic E-state index is 13.1. The zero-order chi connectivity index (χ0) is 74.8. The molecule has 0 rings (SSSR count). The number of hydrogen-bond donors (Lipinski definition) is 3. The first-order valence-corrected chi connectivity index (χ1v) is 46.2. The van der Waals surface area contributed by atoms with Crippen LogP contribution in [0.5, 0.6) is 0 Å². The predicted molar refractivity (Wildman–Crippen MR) is 418 cm³/mol. The fraction of sp³-hybridized carbons (Fsp3) is 0.952. The van der Waals surface area contributed by atoms with Crippen molar-refractivity contribution >= 4 is 39.5 Å². The topological polar surface area (TPSA) is 237 Å². The van der Waals surface area contributed by atoms with Gasteiger partial charge in [0.2, 0.25) is 0 Å². The van der Waals surface area contributed by atoms with E-state index in [1.165, 1.54) is 263 Å². The first-order valence-electron chi connectivity index (χ1n) is 43.2. The van der Waals surface area contributed by atoms with Gasteiger partial charge in [-0.1, -0.05) is 394 Å². The third kappa shape index (κ3) is 74.9. The minimum atomic E-state index is -4.96. The molecule has 0 radical (unpaired) electrons. The van der Waals surface area contributed by atoms with E-state index in [0.29, 0.717) is 25.7 Å². The highest BCUT2D eigenvalue weighted by Crippen LogP contribution is 2.45. The molecule has 6 atom stereocenters. The Balaban J connectivity index is 5.19. The Bertz CT molecular complexity index is 1950. The Morgan fingerprint density at radius 1 is 0.275 bits per heavy atom. The normalized spacial score (nSPS) is 14.1. The summed E-state index contributed by atoms with van der Waals surface area (Å²) >= 11 is 0. The van der Waals surface area contributed by atoms with Crippen LogP contribution < -0.4 is 0 Å². The van der Waals surface area contributed by atoms with Crippen LogP contribution in [0.25, 0.3) is 0 Å². The van der Waals surface area contributed by atoms with Gasteiger partial charge in [0, 0.05) is 25.7 Å². The number of unbranched alkanes of at least 4 members (excludes halogenated alkanes) is 54. The quantitative estimate of drug-likeness (QED) is 0.0222. The molecular formula is C83H162O17P2. The lowest BCUT2D eigenvalue weighted by molar-refractivity contribution is -0.161. The number of rotatable bonds is 83. The third-order valence-electron chi connectivity index (χ3n) is 19.9. The Morgan fingerprint density at radius 3 is 0.696 bits per heavy atom. The number of aliphatic hydroxyl groups excluding tert-OH is 1. The van der Waals surface area contributed by atoms with E-state index >= 15 is 0 Å². The molecule has 0 aromatic rings. The van der Waals surface area contributed by atoms with Gasteiger partial charge in [-0.05, 0) is 31.6 Å². The number of phosphoric ester groups is 2. The minimum absolute atomic E-state index is 0.107. The molecule has 0 heterocycles. The summed E-state index contributed by atoms with van der Waals surface area (Å²) in [6.45, 7) is 7.29. The van der Waals surface area contributed by atoms with Crippen LogP contribution in [0.2, 0.25) is 0 Å². The summed E-state index contributed by atoms with van der Waals surface area (Å²) in [5.74, 6) is -1.38. The maximum absolute atomic E-state index is 13.1. The average Bonchev–Trinajstić information content (AvgIpc) is 0.949. The van der Waals surface area contributed by atoms with Crippen LogP contribution in [0.1, 0.15) is 446 Å². The summed E-state index contributed by atoms with van der Waals surface area (Å²) < 4.78 is 68.7. The van der Waals surface area contributed by atoms with Crippen molar-refractivity contribution in [1.82, 2.24) is 0 Å². The van der Waals surface area contributed by atoms with Crippen LogP contribution >= 0.6 is 15.6 Å². The van der Waals surface area contributed by atoms with Gasteiger partial charge >= 0.3 is 39.5 Å². The van der Waals surface area contributed by atoms with E-state index < -0.39 is 97.5 Å². The van der Waals surface area contributed by atoms with E-state index in [4.69, 9.17) is 37.0 Å². The molecule has 0 aromatic heterocycles. The first kappa shape index (κ1) is 100. The van der Waals surface area contributed by atoms with Gasteiger partial charge in [0.15, 0.2) is 12.2 Å². The van der Waals surface area contributed by atoms with Gasteiger partial charge in [-0.25, -0.2) is 9.13 Å². The van der Waals surface area contributed by atoms with Crippen LogP contribution in [0, 0.1) is 5.92 Å². The minimum Gasteiger partial charge on any atom is -0.462 e. The van der Waals surface area contributed by atoms with E-state index in [0.717, 1.165) is 102 Å². The molecule has 102 heavy (non-hydrogen) atoms. The van der Waals surface area contributed by atoms with Crippen molar-refractivity contribution in [2.75, 3.05) is 39.6 Å². The van der Waals surface area contributed by atoms with E-state index in [9.17, 15) is 43.2 Å². The van der Waals surface area contributed by atoms with E-state index in [2.05, 4.69) is 34.6 Å². The number of carbonyl (C=O) groups is 4. The van der Waals surface area contributed by atoms with Crippen molar-refractivity contribution in [2.24, 2.45) is 5.92 Å². The zero-order valence-electron chi connectivity index (χ0n) is 66.8. The molecule has 19 heteroatoms. The predicted octanol–water partition coefficient (Wildman–Crippen LogP) is 25.2. The molecule has 3 N–H and O–H groups in total. The number of carbonyl (C=O) groups excluding carboxylic acids is 4. The second kappa shape index (κ2) is 75.9. The second-order valence-corrected chi connectivity index (χ2v) is 33.0. The van der Waals surface area contributed by atoms with Gasteiger partial charge < -0.3 is 33.8 Å². The summed E-state index contributed by atoms with van der Waals surface area (Å²) in [5, 5.41) is 10.6. The fourth-order valence-electron chi connectivity index (χ4n) is 12.9. The molecule has 0 aromatic carbocycles. The molecule has 3 unspecified atom stereocenters. The van der Waals surface area contributed by atoms with Gasteiger partial charge in [-0.3, -0.25) is 37.3 Å². The van der Waals surface area contributed by atoms with Gasteiger partial charge in [0.25, 0.3) is 0 Å². The van der Waals surface area contributed by atoms with E-state index in [1.54, 1.807) is 0 Å². The molecule has 606 valence electrons. The lowest BCUT2D eigenvalue weighted by Crippen LogP contribution is -2.30. The van der Waals surface area contributed by atoms with E-state index in [-0.39, 0.29) is 25.7 Å². The molecule has 0 bridgehead atoms. The van der Waals surface area contributed by atoms with Gasteiger partial charge in [0.05, 0.1) is 26.4 Å². The highest BCUT2D eigenvalue weighted by Gasteiger charge is 2.30. The zero-order valence-corrected chi connectivity index (χ0v) is 68.5. The summed E-state index contributed by atoms with van der Waals surface area (Å²) in [6.07, 6.45) is 68.2. The van der Waals surface area contributed by atoms with E-state index in [1.807, 2.05) is 0 Å². The Hall–Kier alpha value is -1.94. The van der Waals surface area contributed by atoms with Gasteiger partial charge in [0.1, 0.15) is 19.3 Å². The highest BCUT2D eigenvalue weighted by molar-refractivity contribution is 7.47. The molecule has 0 amide bonds. The van der Waals surface area contributed by atoms with Crippen molar-refractivity contribution in [3.8, 4) is 0 Å². The van der Waals surface area contributed by atoms with Crippen LogP contribution in [-0.4, -0.2) is 96.7 Å². The summed E-state index contributed by atoms with van der Waals surface area (Å²) in [4.78, 5) is 73.0. The SMILES string of the molecule is CCCCCCCCCCCCCCCCCCCCCCCC(=O)O[C@H](COC(=O)CCCCCCCCCCCCCCCCCCCCCC)COP(=O)(O)OC[C@@H](O)COP(=O)(O)OC[C@@H](COC(=O)CCCCCCCCC(C)CC)OC(=O)CCCCCCCCCCCCC. The lowest BCUT2D eigenvalue weighted by atomic mass is 10.00. The molecule has 0 aliphatic rings. The lowest BCUT2D eigenvalue weighted by Gasteiger charge is -2.21. The van der Waals surface area contributed by atoms with Crippen LogP contribution in [0.15, 0.2) is 0 Å². The van der Waals surface area contributed by atoms with Gasteiger partial charge in [-0.15, -0.1) is 0 Å². The molecule has 0 aliphatic heterocycles. The Morgan fingerprint density at radius 2 is 0.471 bits per heavy atom. The Kier molecular flexibility index (Phi) is 74.4. The molecule has 0 spiro atoms. The highest BCUT2D eigenvalue weighted by atomic mass is 31.2. The number of hydrogen-bond acceptors (Lipinski definition) is 15. The van der Waals surface area contributed by atoms with Crippen LogP contribution in [-0.2, 0) is 65.4 Å². The van der Waals surface area contributed by atoms with Crippen molar-refractivity contribution in [1.29, 1.82) is 0 Å². The molecule has 17 nitrogen and oxygen atoms in total. The molecule has 0 aliphatic carbocycles. The standard InChI is InChI=1S/C83H162O17P2/c1-6-10-13-16-19-22-25-27-29-31-33-35-37-39-41-43-46-49-52-59-64-69-83(88)99-78(72-93-80(85)66-61-56-50-47-45-42-40-38-36-34-32-30-28-26-23-20-17-14-11-7-2)74-97-101(89,90)95-70-77(84)71-96-102(91,92)98-75-79(73-94-81(86)67-62-57-54-53-55-60-65-76(5)9-4)100-82(87)68-63-58-51-48-44-24-21-18-15-12-8-3/h76-79,84H,6-75H2,1-5H3,(H,89,90)(H,91,92)/t76?,77-,78-,79-/m1/s1. The van der Waals surface area contributed by atoms with Crippen LogP contribution in [0.4, 0.5) is 0 Å². The number of esters is 4. The maximum Gasteiger partial charge on any atom is 0.472 e. The number of aliphatic hydroxyl groups is 1. The van der Waals surface area contributed by atoms with Crippen molar-refractivity contribution < 1.29 is 80.2 Å². The summed E-state index contributed by atoms with van der Waals surface area (Å²) in [5.41, 5.74) is 0. The monoisotopic (exact) mass is 1490 g/mol. The smallest absolute Gasteiger partial charge is 0.462 e. The second-order valence-electron chi connectivity index (χ2n) is 30.1. The van der Waals surface area contributed by atoms with Crippen molar-refractivity contribution in [2.45, 2.75) is 464 Å². The number of ether oxygens (including phenoxy) is 4. The van der Waals surface area contributed by atoms with Crippen molar-refractivity contribution in [3.63, 3.8) is 0 Å². The number of phosphoric acid groups is 2. The molecule has 0 saturated heterocycles. The van der Waals surface area contributed by atoms with Crippen molar-refractivity contribution in [3.05, 3.63) is 0 Å². The molecule has 0 saturated carbocycles. The fourth-order valence-corrected chi connectivity index (χ4v) is 14.5. The largest absolute Gasteiger partial charge is 0.472 e.